The molecule has 2 aliphatic rings. The predicted octanol–water partition coefficient (Wildman–Crippen LogP) is 2.94. The molecule has 1 unspecified atom stereocenters. The average molecular weight is 230 g/mol. The SMILES string of the molecule is c1cc(CC2(C3CC3)CCCCCN2)ccn1. The zero-order valence-corrected chi connectivity index (χ0v) is 10.5. The van der Waals surface area contributed by atoms with E-state index in [-0.39, 0.29) is 0 Å². The second-order valence-electron chi connectivity index (χ2n) is 5.70. The minimum atomic E-state index is 0.401. The highest BCUT2D eigenvalue weighted by Crippen LogP contribution is 2.45. The Hall–Kier alpha value is -0.890. The molecule has 1 aliphatic heterocycles. The first-order valence-corrected chi connectivity index (χ1v) is 7.03. The van der Waals surface area contributed by atoms with Crippen LogP contribution in [0.3, 0.4) is 0 Å². The molecule has 0 spiro atoms. The second-order valence-corrected chi connectivity index (χ2v) is 5.70. The van der Waals surface area contributed by atoms with E-state index >= 15 is 0 Å². The number of aromatic nitrogens is 1. The van der Waals surface area contributed by atoms with Crippen molar-refractivity contribution in [2.75, 3.05) is 6.54 Å². The summed E-state index contributed by atoms with van der Waals surface area (Å²) < 4.78 is 0. The van der Waals surface area contributed by atoms with E-state index in [2.05, 4.69) is 22.4 Å². The fourth-order valence-electron chi connectivity index (χ4n) is 3.31. The summed E-state index contributed by atoms with van der Waals surface area (Å²) in [5, 5.41) is 3.89. The van der Waals surface area contributed by atoms with Crippen LogP contribution in [-0.4, -0.2) is 17.1 Å². The Kier molecular flexibility index (Phi) is 3.15. The van der Waals surface area contributed by atoms with Crippen LogP contribution in [0.4, 0.5) is 0 Å². The summed E-state index contributed by atoms with van der Waals surface area (Å²) in [4.78, 5) is 4.12. The van der Waals surface area contributed by atoms with Crippen molar-refractivity contribution in [3.8, 4) is 0 Å². The Balaban J connectivity index is 1.79. The number of nitrogens with zero attached hydrogens (tertiary/aromatic N) is 1. The van der Waals surface area contributed by atoms with Crippen LogP contribution >= 0.6 is 0 Å². The smallest absolute Gasteiger partial charge is 0.0270 e. The number of nitrogens with one attached hydrogen (secondary N) is 1. The van der Waals surface area contributed by atoms with Crippen molar-refractivity contribution >= 4 is 0 Å². The fourth-order valence-corrected chi connectivity index (χ4v) is 3.31. The Labute approximate surface area is 104 Å². The van der Waals surface area contributed by atoms with Crippen molar-refractivity contribution in [1.29, 1.82) is 0 Å². The van der Waals surface area contributed by atoms with Crippen molar-refractivity contribution in [1.82, 2.24) is 10.3 Å². The minimum Gasteiger partial charge on any atom is -0.311 e. The van der Waals surface area contributed by atoms with Crippen LogP contribution in [-0.2, 0) is 6.42 Å². The lowest BCUT2D eigenvalue weighted by Gasteiger charge is -2.34. The first-order valence-electron chi connectivity index (χ1n) is 7.03. The first-order chi connectivity index (χ1) is 8.39. The molecule has 2 nitrogen and oxygen atoms in total. The Morgan fingerprint density at radius 3 is 2.76 bits per heavy atom. The minimum absolute atomic E-state index is 0.401. The number of hydrogen-bond donors (Lipinski definition) is 1. The molecule has 0 bridgehead atoms. The highest BCUT2D eigenvalue weighted by atomic mass is 15.0. The van der Waals surface area contributed by atoms with Gasteiger partial charge >= 0.3 is 0 Å². The largest absolute Gasteiger partial charge is 0.311 e. The van der Waals surface area contributed by atoms with Crippen LogP contribution in [0.15, 0.2) is 24.5 Å². The predicted molar refractivity (Wildman–Crippen MR) is 69.9 cm³/mol. The molecule has 1 aromatic heterocycles. The summed E-state index contributed by atoms with van der Waals surface area (Å²) in [5.74, 6) is 0.925. The molecular formula is C15H22N2. The van der Waals surface area contributed by atoms with Crippen molar-refractivity contribution in [2.45, 2.75) is 50.5 Å². The molecule has 2 heteroatoms. The molecule has 0 radical (unpaired) electrons. The summed E-state index contributed by atoms with van der Waals surface area (Å²) in [6.45, 7) is 1.21. The maximum Gasteiger partial charge on any atom is 0.0270 e. The van der Waals surface area contributed by atoms with E-state index in [0.29, 0.717) is 5.54 Å². The summed E-state index contributed by atoms with van der Waals surface area (Å²) in [5.41, 5.74) is 1.85. The van der Waals surface area contributed by atoms with Gasteiger partial charge in [-0.15, -0.1) is 0 Å². The van der Waals surface area contributed by atoms with E-state index in [9.17, 15) is 0 Å². The van der Waals surface area contributed by atoms with E-state index in [0.717, 1.165) is 5.92 Å². The van der Waals surface area contributed by atoms with E-state index in [4.69, 9.17) is 0 Å². The van der Waals surface area contributed by atoms with Gasteiger partial charge in [-0.3, -0.25) is 4.98 Å². The van der Waals surface area contributed by atoms with Gasteiger partial charge in [0.05, 0.1) is 0 Å². The van der Waals surface area contributed by atoms with Gasteiger partial charge in [0, 0.05) is 17.9 Å². The lowest BCUT2D eigenvalue weighted by molar-refractivity contribution is 0.271. The van der Waals surface area contributed by atoms with Crippen molar-refractivity contribution in [2.24, 2.45) is 5.92 Å². The topological polar surface area (TPSA) is 24.9 Å². The monoisotopic (exact) mass is 230 g/mol. The highest BCUT2D eigenvalue weighted by molar-refractivity contribution is 5.17. The van der Waals surface area contributed by atoms with Crippen LogP contribution in [0.2, 0.25) is 0 Å². The van der Waals surface area contributed by atoms with Crippen molar-refractivity contribution in [3.05, 3.63) is 30.1 Å². The van der Waals surface area contributed by atoms with Gasteiger partial charge in [-0.05, 0) is 62.3 Å². The molecule has 92 valence electrons. The van der Waals surface area contributed by atoms with Gasteiger partial charge in [0.15, 0.2) is 0 Å². The molecule has 3 rings (SSSR count). The molecular weight excluding hydrogens is 208 g/mol. The molecule has 1 saturated heterocycles. The maximum atomic E-state index is 4.12. The molecule has 2 heterocycles. The number of rotatable bonds is 3. The molecule has 1 aliphatic carbocycles. The molecule has 0 amide bonds. The average Bonchev–Trinajstić information content (AvgIpc) is 3.18. The van der Waals surface area contributed by atoms with Crippen molar-refractivity contribution in [3.63, 3.8) is 0 Å². The third kappa shape index (κ3) is 2.52. The number of pyridine rings is 1. The van der Waals surface area contributed by atoms with Crippen molar-refractivity contribution < 1.29 is 0 Å². The molecule has 1 atom stereocenters. The Morgan fingerprint density at radius 1 is 1.18 bits per heavy atom. The second kappa shape index (κ2) is 4.77. The van der Waals surface area contributed by atoms with Gasteiger partial charge < -0.3 is 5.32 Å². The Bertz CT molecular complexity index is 348. The molecule has 0 aromatic carbocycles. The quantitative estimate of drug-likeness (QED) is 0.863. The lowest BCUT2D eigenvalue weighted by Crippen LogP contribution is -2.48. The highest BCUT2D eigenvalue weighted by Gasteiger charge is 2.44. The van der Waals surface area contributed by atoms with E-state index in [1.54, 1.807) is 0 Å². The van der Waals surface area contributed by atoms with Gasteiger partial charge in [-0.1, -0.05) is 12.8 Å². The molecule has 2 fully saturated rings. The summed E-state index contributed by atoms with van der Waals surface area (Å²) in [6.07, 6.45) is 13.4. The molecule has 1 saturated carbocycles. The molecule has 1 aromatic rings. The van der Waals surface area contributed by atoms with Gasteiger partial charge in [0.1, 0.15) is 0 Å². The van der Waals surface area contributed by atoms with E-state index in [1.165, 1.54) is 57.1 Å². The molecule has 17 heavy (non-hydrogen) atoms. The summed E-state index contributed by atoms with van der Waals surface area (Å²) in [7, 11) is 0. The third-order valence-corrected chi connectivity index (χ3v) is 4.40. The third-order valence-electron chi connectivity index (χ3n) is 4.40. The Morgan fingerprint density at radius 2 is 2.00 bits per heavy atom. The normalized spacial score (nSPS) is 29.9. The maximum absolute atomic E-state index is 4.12. The zero-order chi connectivity index (χ0) is 11.6. The first kappa shape index (κ1) is 11.2. The van der Waals surface area contributed by atoms with Crippen LogP contribution in [0.5, 0.6) is 0 Å². The van der Waals surface area contributed by atoms with E-state index < -0.39 is 0 Å². The lowest BCUT2D eigenvalue weighted by atomic mass is 9.82. The summed E-state index contributed by atoms with van der Waals surface area (Å²) in [6, 6.07) is 4.35. The standard InChI is InChI=1S/C15H22N2/c1-2-8-15(14-4-5-14,17-9-3-1)12-13-6-10-16-11-7-13/h6-7,10-11,14,17H,1-5,8-9,12H2. The summed E-state index contributed by atoms with van der Waals surface area (Å²) >= 11 is 0. The van der Waals surface area contributed by atoms with Crippen LogP contribution < -0.4 is 5.32 Å². The van der Waals surface area contributed by atoms with Crippen LogP contribution in [0.1, 0.15) is 44.1 Å². The van der Waals surface area contributed by atoms with Gasteiger partial charge in [-0.2, -0.15) is 0 Å². The van der Waals surface area contributed by atoms with E-state index in [1.807, 2.05) is 12.4 Å². The molecule has 1 N–H and O–H groups in total. The van der Waals surface area contributed by atoms with Crippen LogP contribution in [0.25, 0.3) is 0 Å². The van der Waals surface area contributed by atoms with Gasteiger partial charge in [0.2, 0.25) is 0 Å². The zero-order valence-electron chi connectivity index (χ0n) is 10.5. The fraction of sp³-hybridized carbons (Fsp3) is 0.667. The van der Waals surface area contributed by atoms with Crippen LogP contribution in [0, 0.1) is 5.92 Å². The van der Waals surface area contributed by atoms with Gasteiger partial charge in [0.25, 0.3) is 0 Å². The van der Waals surface area contributed by atoms with Gasteiger partial charge in [-0.25, -0.2) is 0 Å². The number of hydrogen-bond acceptors (Lipinski definition) is 2.